The SMILES string of the molecule is Cl.O=C(CCl)NC1CCN(c2ccncc2)CC1. The second kappa shape index (κ2) is 7.44. The molecule has 2 heterocycles. The van der Waals surface area contributed by atoms with Gasteiger partial charge in [0.05, 0.1) is 0 Å². The Hall–Kier alpha value is -1.00. The van der Waals surface area contributed by atoms with Gasteiger partial charge in [-0.05, 0) is 25.0 Å². The van der Waals surface area contributed by atoms with Crippen molar-refractivity contribution in [1.29, 1.82) is 0 Å². The first-order valence-corrected chi connectivity index (χ1v) is 6.33. The lowest BCUT2D eigenvalue weighted by Crippen LogP contribution is -2.45. The molecule has 1 aliphatic rings. The number of nitrogens with zero attached hydrogens (tertiary/aromatic N) is 2. The van der Waals surface area contributed by atoms with Gasteiger partial charge in [0, 0.05) is 37.2 Å². The molecule has 0 atom stereocenters. The molecular formula is C12H17Cl2N3O. The largest absolute Gasteiger partial charge is 0.371 e. The van der Waals surface area contributed by atoms with Gasteiger partial charge in [0.1, 0.15) is 5.88 Å². The number of alkyl halides is 1. The molecule has 0 spiro atoms. The van der Waals surface area contributed by atoms with Gasteiger partial charge < -0.3 is 10.2 Å². The Balaban J connectivity index is 0.00000162. The number of pyridine rings is 1. The smallest absolute Gasteiger partial charge is 0.235 e. The van der Waals surface area contributed by atoms with Crippen LogP contribution in [0.15, 0.2) is 24.5 Å². The van der Waals surface area contributed by atoms with E-state index in [1.165, 1.54) is 5.69 Å². The summed E-state index contributed by atoms with van der Waals surface area (Å²) in [6, 6.07) is 4.29. The third-order valence-electron chi connectivity index (χ3n) is 3.01. The van der Waals surface area contributed by atoms with Crippen LogP contribution in [0.25, 0.3) is 0 Å². The van der Waals surface area contributed by atoms with Crippen LogP contribution in [0.3, 0.4) is 0 Å². The highest BCUT2D eigenvalue weighted by atomic mass is 35.5. The van der Waals surface area contributed by atoms with Gasteiger partial charge in [0.25, 0.3) is 0 Å². The van der Waals surface area contributed by atoms with Crippen LogP contribution in [0.1, 0.15) is 12.8 Å². The number of anilines is 1. The van der Waals surface area contributed by atoms with E-state index in [1.54, 1.807) is 12.4 Å². The van der Waals surface area contributed by atoms with Crippen LogP contribution < -0.4 is 10.2 Å². The van der Waals surface area contributed by atoms with Crippen LogP contribution in [0.4, 0.5) is 5.69 Å². The van der Waals surface area contributed by atoms with Crippen molar-refractivity contribution in [3.05, 3.63) is 24.5 Å². The van der Waals surface area contributed by atoms with E-state index in [-0.39, 0.29) is 30.2 Å². The number of hydrogen-bond acceptors (Lipinski definition) is 3. The summed E-state index contributed by atoms with van der Waals surface area (Å²) in [5.74, 6) is -0.0288. The molecule has 1 N–H and O–H groups in total. The third kappa shape index (κ3) is 4.03. The van der Waals surface area contributed by atoms with E-state index in [9.17, 15) is 4.79 Å². The summed E-state index contributed by atoms with van der Waals surface area (Å²) in [7, 11) is 0. The number of piperidine rings is 1. The first-order chi connectivity index (χ1) is 8.29. The Labute approximate surface area is 118 Å². The lowest BCUT2D eigenvalue weighted by Gasteiger charge is -2.33. The quantitative estimate of drug-likeness (QED) is 0.864. The molecule has 1 amide bonds. The van der Waals surface area contributed by atoms with E-state index in [4.69, 9.17) is 11.6 Å². The molecule has 0 aromatic carbocycles. The molecule has 4 nitrogen and oxygen atoms in total. The zero-order valence-electron chi connectivity index (χ0n) is 10.0. The lowest BCUT2D eigenvalue weighted by atomic mass is 10.0. The van der Waals surface area contributed by atoms with E-state index in [1.807, 2.05) is 12.1 Å². The van der Waals surface area contributed by atoms with Gasteiger partial charge in [0.15, 0.2) is 0 Å². The van der Waals surface area contributed by atoms with Crippen LogP contribution >= 0.6 is 24.0 Å². The molecule has 2 rings (SSSR count). The highest BCUT2D eigenvalue weighted by Gasteiger charge is 2.20. The molecule has 1 saturated heterocycles. The Morgan fingerprint density at radius 1 is 1.39 bits per heavy atom. The molecule has 0 aliphatic carbocycles. The average molecular weight is 290 g/mol. The second-order valence-electron chi connectivity index (χ2n) is 4.17. The van der Waals surface area contributed by atoms with Crippen LogP contribution in [-0.2, 0) is 4.79 Å². The van der Waals surface area contributed by atoms with E-state index in [2.05, 4.69) is 15.2 Å². The maximum absolute atomic E-state index is 11.2. The Morgan fingerprint density at radius 2 is 2.00 bits per heavy atom. The normalized spacial score (nSPS) is 15.9. The molecule has 18 heavy (non-hydrogen) atoms. The van der Waals surface area contributed by atoms with Crippen LogP contribution in [-0.4, -0.2) is 35.9 Å². The summed E-state index contributed by atoms with van der Waals surface area (Å²) in [6.45, 7) is 1.91. The van der Waals surface area contributed by atoms with E-state index in [0.29, 0.717) is 0 Å². The van der Waals surface area contributed by atoms with Gasteiger partial charge in [-0.15, -0.1) is 24.0 Å². The van der Waals surface area contributed by atoms with Crippen LogP contribution in [0, 0.1) is 0 Å². The van der Waals surface area contributed by atoms with Crippen molar-refractivity contribution in [2.75, 3.05) is 23.9 Å². The number of halogens is 2. The summed E-state index contributed by atoms with van der Waals surface area (Å²) in [4.78, 5) is 17.5. The molecule has 0 unspecified atom stereocenters. The Bertz CT molecular complexity index is 367. The van der Waals surface area contributed by atoms with Crippen molar-refractivity contribution in [1.82, 2.24) is 10.3 Å². The molecule has 0 saturated carbocycles. The molecule has 1 aromatic heterocycles. The first-order valence-electron chi connectivity index (χ1n) is 5.80. The summed E-state index contributed by atoms with van der Waals surface area (Å²) in [5, 5.41) is 2.93. The van der Waals surface area contributed by atoms with Gasteiger partial charge in [0.2, 0.25) is 5.91 Å². The van der Waals surface area contributed by atoms with E-state index >= 15 is 0 Å². The van der Waals surface area contributed by atoms with Gasteiger partial charge in [-0.25, -0.2) is 0 Å². The number of nitrogens with one attached hydrogen (secondary N) is 1. The minimum atomic E-state index is -0.0750. The van der Waals surface area contributed by atoms with Crippen molar-refractivity contribution in [3.8, 4) is 0 Å². The second-order valence-corrected chi connectivity index (χ2v) is 4.44. The number of hydrogen-bond donors (Lipinski definition) is 1. The fraction of sp³-hybridized carbons (Fsp3) is 0.500. The van der Waals surface area contributed by atoms with Gasteiger partial charge >= 0.3 is 0 Å². The predicted molar refractivity (Wildman–Crippen MR) is 75.6 cm³/mol. The van der Waals surface area contributed by atoms with E-state index in [0.717, 1.165) is 25.9 Å². The minimum Gasteiger partial charge on any atom is -0.371 e. The standard InChI is InChI=1S/C12H16ClN3O.ClH/c13-9-12(17)15-10-3-7-16(8-4-10)11-1-5-14-6-2-11;/h1-2,5-6,10H,3-4,7-9H2,(H,15,17);1H. The molecular weight excluding hydrogens is 273 g/mol. The average Bonchev–Trinajstić information content (AvgIpc) is 2.40. The zero-order valence-corrected chi connectivity index (χ0v) is 11.6. The van der Waals surface area contributed by atoms with Gasteiger partial charge in [-0.1, -0.05) is 0 Å². The molecule has 1 aliphatic heterocycles. The van der Waals surface area contributed by atoms with E-state index < -0.39 is 0 Å². The highest BCUT2D eigenvalue weighted by molar-refractivity contribution is 6.27. The number of carbonyl (C=O) groups is 1. The van der Waals surface area contributed by atoms with Crippen molar-refractivity contribution in [3.63, 3.8) is 0 Å². The van der Waals surface area contributed by atoms with Crippen molar-refractivity contribution in [2.45, 2.75) is 18.9 Å². The summed E-state index contributed by atoms with van der Waals surface area (Å²) >= 11 is 5.47. The summed E-state index contributed by atoms with van der Waals surface area (Å²) in [6.07, 6.45) is 5.53. The number of aromatic nitrogens is 1. The van der Waals surface area contributed by atoms with Crippen LogP contribution in [0.5, 0.6) is 0 Å². The fourth-order valence-electron chi connectivity index (χ4n) is 2.10. The number of carbonyl (C=O) groups excluding carboxylic acids is 1. The highest BCUT2D eigenvalue weighted by Crippen LogP contribution is 2.18. The molecule has 0 bridgehead atoms. The maximum Gasteiger partial charge on any atom is 0.235 e. The third-order valence-corrected chi connectivity index (χ3v) is 3.25. The zero-order chi connectivity index (χ0) is 12.1. The molecule has 0 radical (unpaired) electrons. The molecule has 1 aromatic rings. The summed E-state index contributed by atoms with van der Waals surface area (Å²) < 4.78 is 0. The molecule has 6 heteroatoms. The van der Waals surface area contributed by atoms with Gasteiger partial charge in [-0.2, -0.15) is 0 Å². The Morgan fingerprint density at radius 3 is 2.56 bits per heavy atom. The Kier molecular flexibility index (Phi) is 6.22. The minimum absolute atomic E-state index is 0. The van der Waals surface area contributed by atoms with Crippen molar-refractivity contribution < 1.29 is 4.79 Å². The van der Waals surface area contributed by atoms with Gasteiger partial charge in [-0.3, -0.25) is 9.78 Å². The van der Waals surface area contributed by atoms with Crippen LogP contribution in [0.2, 0.25) is 0 Å². The monoisotopic (exact) mass is 289 g/mol. The predicted octanol–water partition coefficient (Wildman–Crippen LogP) is 1.83. The number of rotatable bonds is 3. The number of amides is 1. The maximum atomic E-state index is 11.2. The lowest BCUT2D eigenvalue weighted by molar-refractivity contribution is -0.119. The molecule has 1 fully saturated rings. The van der Waals surface area contributed by atoms with Crippen molar-refractivity contribution >= 4 is 35.6 Å². The summed E-state index contributed by atoms with van der Waals surface area (Å²) in [5.41, 5.74) is 1.20. The molecule has 100 valence electrons. The van der Waals surface area contributed by atoms with Crippen molar-refractivity contribution in [2.24, 2.45) is 0 Å². The topological polar surface area (TPSA) is 45.2 Å². The fourth-order valence-corrected chi connectivity index (χ4v) is 2.18. The first kappa shape index (κ1) is 15.1.